The summed E-state index contributed by atoms with van der Waals surface area (Å²) in [7, 11) is 0. The van der Waals surface area contributed by atoms with Crippen molar-refractivity contribution in [1.82, 2.24) is 0 Å². The molecular formula is C12H14BrNO. The first kappa shape index (κ1) is 12.1. The molecule has 2 nitrogen and oxygen atoms in total. The molecule has 1 aromatic rings. The van der Waals surface area contributed by atoms with Gasteiger partial charge in [-0.25, -0.2) is 0 Å². The summed E-state index contributed by atoms with van der Waals surface area (Å²) in [6.07, 6.45) is 0.920. The Hall–Kier alpha value is -1.01. The summed E-state index contributed by atoms with van der Waals surface area (Å²) in [6.45, 7) is 4.07. The van der Waals surface area contributed by atoms with Gasteiger partial charge in [0.25, 0.3) is 0 Å². The Morgan fingerprint density at radius 3 is 2.80 bits per heavy atom. The van der Waals surface area contributed by atoms with Gasteiger partial charge in [0.05, 0.1) is 11.6 Å². The van der Waals surface area contributed by atoms with Crippen molar-refractivity contribution >= 4 is 15.9 Å². The molecule has 0 radical (unpaired) electrons. The van der Waals surface area contributed by atoms with E-state index in [9.17, 15) is 0 Å². The van der Waals surface area contributed by atoms with Gasteiger partial charge in [-0.05, 0) is 38.5 Å². The number of halogens is 1. The van der Waals surface area contributed by atoms with Gasteiger partial charge in [0, 0.05) is 5.33 Å². The number of ether oxygens (including phenoxy) is 1. The molecule has 0 N–H and O–H groups in total. The Kier molecular flexibility index (Phi) is 4.16. The van der Waals surface area contributed by atoms with Crippen molar-refractivity contribution in [1.29, 1.82) is 5.26 Å². The molecular weight excluding hydrogens is 254 g/mol. The molecule has 0 unspecified atom stereocenters. The number of nitrogens with zero attached hydrogens (tertiary/aromatic N) is 1. The first-order valence-corrected chi connectivity index (χ1v) is 5.95. The van der Waals surface area contributed by atoms with Crippen LogP contribution in [0.2, 0.25) is 0 Å². The minimum Gasteiger partial charge on any atom is -0.488 e. The highest BCUT2D eigenvalue weighted by molar-refractivity contribution is 9.09. The number of alkyl halides is 1. The zero-order valence-corrected chi connectivity index (χ0v) is 10.5. The number of nitriles is 1. The highest BCUT2D eigenvalue weighted by atomic mass is 79.9. The quantitative estimate of drug-likeness (QED) is 0.783. The average molecular weight is 268 g/mol. The molecule has 0 saturated carbocycles. The van der Waals surface area contributed by atoms with E-state index in [2.05, 4.69) is 22.0 Å². The van der Waals surface area contributed by atoms with E-state index < -0.39 is 0 Å². The van der Waals surface area contributed by atoms with Crippen LogP contribution in [0.4, 0.5) is 0 Å². The Morgan fingerprint density at radius 1 is 1.47 bits per heavy atom. The van der Waals surface area contributed by atoms with Crippen molar-refractivity contribution in [3.8, 4) is 11.8 Å². The predicted molar refractivity (Wildman–Crippen MR) is 64.3 cm³/mol. The van der Waals surface area contributed by atoms with E-state index >= 15 is 0 Å². The molecule has 0 heterocycles. The van der Waals surface area contributed by atoms with Gasteiger partial charge in [-0.15, -0.1) is 0 Å². The third kappa shape index (κ3) is 3.93. The SMILES string of the molecule is CC(C)(CCBr)Oc1cccc(C#N)c1. The van der Waals surface area contributed by atoms with Crippen molar-refractivity contribution in [2.45, 2.75) is 25.9 Å². The van der Waals surface area contributed by atoms with Crippen molar-refractivity contribution < 1.29 is 4.74 Å². The lowest BCUT2D eigenvalue weighted by molar-refractivity contribution is 0.107. The highest BCUT2D eigenvalue weighted by Gasteiger charge is 2.18. The molecule has 80 valence electrons. The van der Waals surface area contributed by atoms with Crippen molar-refractivity contribution in [2.24, 2.45) is 0 Å². The van der Waals surface area contributed by atoms with Crippen LogP contribution in [0.1, 0.15) is 25.8 Å². The predicted octanol–water partition coefficient (Wildman–Crippen LogP) is 3.50. The second-order valence-corrected chi connectivity index (χ2v) is 4.73. The van der Waals surface area contributed by atoms with Crippen LogP contribution in [0.3, 0.4) is 0 Å². The maximum absolute atomic E-state index is 8.75. The second-order valence-electron chi connectivity index (χ2n) is 3.94. The van der Waals surface area contributed by atoms with Gasteiger partial charge in [-0.3, -0.25) is 0 Å². The largest absolute Gasteiger partial charge is 0.488 e. The molecule has 0 saturated heterocycles. The number of benzene rings is 1. The van der Waals surface area contributed by atoms with Crippen LogP contribution in [0.5, 0.6) is 5.75 Å². The summed E-state index contributed by atoms with van der Waals surface area (Å²) >= 11 is 3.39. The van der Waals surface area contributed by atoms with Crippen LogP contribution in [-0.2, 0) is 0 Å². The molecule has 0 aliphatic carbocycles. The van der Waals surface area contributed by atoms with Gasteiger partial charge in [-0.1, -0.05) is 22.0 Å². The monoisotopic (exact) mass is 267 g/mol. The highest BCUT2D eigenvalue weighted by Crippen LogP contribution is 2.22. The third-order valence-corrected chi connectivity index (χ3v) is 2.45. The summed E-state index contributed by atoms with van der Waals surface area (Å²) < 4.78 is 5.80. The number of hydrogen-bond donors (Lipinski definition) is 0. The maximum Gasteiger partial charge on any atom is 0.121 e. The normalized spacial score (nSPS) is 10.8. The lowest BCUT2D eigenvalue weighted by atomic mass is 10.1. The lowest BCUT2D eigenvalue weighted by Gasteiger charge is -2.25. The summed E-state index contributed by atoms with van der Waals surface area (Å²) in [5.74, 6) is 0.750. The van der Waals surface area contributed by atoms with Crippen LogP contribution >= 0.6 is 15.9 Å². The van der Waals surface area contributed by atoms with Crippen LogP contribution in [0, 0.1) is 11.3 Å². The minimum atomic E-state index is -0.211. The third-order valence-electron chi connectivity index (χ3n) is 2.05. The zero-order chi connectivity index (χ0) is 11.3. The topological polar surface area (TPSA) is 33.0 Å². The van der Waals surface area contributed by atoms with E-state index in [0.29, 0.717) is 5.56 Å². The van der Waals surface area contributed by atoms with Crippen molar-refractivity contribution in [2.75, 3.05) is 5.33 Å². The van der Waals surface area contributed by atoms with Crippen molar-refractivity contribution in [3.05, 3.63) is 29.8 Å². The first-order valence-electron chi connectivity index (χ1n) is 4.82. The van der Waals surface area contributed by atoms with Gasteiger partial charge < -0.3 is 4.74 Å². The molecule has 0 spiro atoms. The van der Waals surface area contributed by atoms with E-state index in [1.165, 1.54) is 0 Å². The lowest BCUT2D eigenvalue weighted by Crippen LogP contribution is -2.28. The Morgan fingerprint density at radius 2 is 2.20 bits per heavy atom. The number of rotatable bonds is 4. The van der Waals surface area contributed by atoms with Gasteiger partial charge >= 0.3 is 0 Å². The molecule has 0 atom stereocenters. The molecule has 1 rings (SSSR count). The van der Waals surface area contributed by atoms with E-state index in [0.717, 1.165) is 17.5 Å². The van der Waals surface area contributed by atoms with Gasteiger partial charge in [-0.2, -0.15) is 5.26 Å². The fourth-order valence-electron chi connectivity index (χ4n) is 1.23. The molecule has 0 aromatic heterocycles. The Labute approximate surface area is 99.0 Å². The molecule has 0 amide bonds. The van der Waals surface area contributed by atoms with Crippen LogP contribution in [-0.4, -0.2) is 10.9 Å². The molecule has 15 heavy (non-hydrogen) atoms. The number of hydrogen-bond acceptors (Lipinski definition) is 2. The van der Waals surface area contributed by atoms with E-state index in [1.54, 1.807) is 12.1 Å². The summed E-state index contributed by atoms with van der Waals surface area (Å²) in [4.78, 5) is 0. The smallest absolute Gasteiger partial charge is 0.121 e. The summed E-state index contributed by atoms with van der Waals surface area (Å²) in [5, 5.41) is 9.65. The van der Waals surface area contributed by atoms with E-state index in [4.69, 9.17) is 10.00 Å². The second kappa shape index (κ2) is 5.18. The summed E-state index contributed by atoms with van der Waals surface area (Å²) in [6, 6.07) is 9.33. The zero-order valence-electron chi connectivity index (χ0n) is 8.96. The molecule has 0 bridgehead atoms. The average Bonchev–Trinajstić information content (AvgIpc) is 2.17. The van der Waals surface area contributed by atoms with E-state index in [1.807, 2.05) is 26.0 Å². The van der Waals surface area contributed by atoms with E-state index in [-0.39, 0.29) is 5.60 Å². The Bertz CT molecular complexity index is 368. The maximum atomic E-state index is 8.75. The van der Waals surface area contributed by atoms with Gasteiger partial charge in [0.15, 0.2) is 0 Å². The standard InChI is InChI=1S/C12H14BrNO/c1-12(2,6-7-13)15-11-5-3-4-10(8-11)9-14/h3-5,8H,6-7H2,1-2H3. The van der Waals surface area contributed by atoms with Crippen LogP contribution < -0.4 is 4.74 Å². The Balaban J connectivity index is 2.76. The molecule has 3 heteroatoms. The van der Waals surface area contributed by atoms with Gasteiger partial charge in [0.2, 0.25) is 0 Å². The fourth-order valence-corrected chi connectivity index (χ4v) is 2.18. The molecule has 0 aliphatic rings. The van der Waals surface area contributed by atoms with Crippen LogP contribution in [0.15, 0.2) is 24.3 Å². The van der Waals surface area contributed by atoms with Crippen LogP contribution in [0.25, 0.3) is 0 Å². The minimum absolute atomic E-state index is 0.211. The summed E-state index contributed by atoms with van der Waals surface area (Å²) in [5.41, 5.74) is 0.416. The van der Waals surface area contributed by atoms with Gasteiger partial charge in [0.1, 0.15) is 11.4 Å². The molecule has 0 aliphatic heterocycles. The first-order chi connectivity index (χ1) is 7.07. The fraction of sp³-hybridized carbons (Fsp3) is 0.417. The molecule has 1 aromatic carbocycles. The molecule has 0 fully saturated rings. The van der Waals surface area contributed by atoms with Crippen molar-refractivity contribution in [3.63, 3.8) is 0 Å².